The third kappa shape index (κ3) is 3.12. The molecule has 1 aliphatic rings. The molecule has 26 heavy (non-hydrogen) atoms. The highest BCUT2D eigenvalue weighted by Gasteiger charge is 2.28. The van der Waals surface area contributed by atoms with Crippen LogP contribution in [0.5, 0.6) is 5.75 Å². The second kappa shape index (κ2) is 6.60. The molecule has 0 bridgehead atoms. The van der Waals surface area contributed by atoms with Gasteiger partial charge in [-0.1, -0.05) is 11.8 Å². The molecule has 4 rings (SSSR count). The maximum atomic E-state index is 12.7. The van der Waals surface area contributed by atoms with Crippen LogP contribution in [0.1, 0.15) is 40.6 Å². The summed E-state index contributed by atoms with van der Waals surface area (Å²) in [4.78, 5) is 12.7. The van der Waals surface area contributed by atoms with E-state index >= 15 is 0 Å². The highest BCUT2D eigenvalue weighted by Crippen LogP contribution is 2.38. The minimum absolute atomic E-state index is 0.0789. The van der Waals surface area contributed by atoms with Gasteiger partial charge in [0.2, 0.25) is 5.16 Å². The van der Waals surface area contributed by atoms with Crippen LogP contribution in [0.2, 0.25) is 0 Å². The second-order valence-electron chi connectivity index (χ2n) is 6.49. The molecule has 0 aliphatic heterocycles. The number of hydrogen-bond acceptors (Lipinski definition) is 6. The molecule has 0 spiro atoms. The number of phenolic OH excluding ortho intramolecular Hbond substituents is 1. The molecule has 1 N–H and O–H groups in total. The first-order valence-corrected chi connectivity index (χ1v) is 9.45. The molecule has 1 saturated carbocycles. The number of carbonyl (C=O) groups excluding carboxylic acids is 1. The number of Topliss-reactive ketones (excluding diaryl/α,β-unsaturated/α-hetero) is 1. The van der Waals surface area contributed by atoms with Crippen molar-refractivity contribution in [3.63, 3.8) is 0 Å². The molecule has 0 amide bonds. The number of nitrogens with zero attached hydrogens (tertiary/aromatic N) is 5. The van der Waals surface area contributed by atoms with E-state index in [-0.39, 0.29) is 17.3 Å². The average Bonchev–Trinajstić information content (AvgIpc) is 3.26. The summed E-state index contributed by atoms with van der Waals surface area (Å²) in [6, 6.07) is 9.14. The largest absolute Gasteiger partial charge is 0.508 e. The molecule has 0 atom stereocenters. The van der Waals surface area contributed by atoms with Crippen LogP contribution in [0.3, 0.4) is 0 Å². The highest BCUT2D eigenvalue weighted by atomic mass is 32.2. The minimum Gasteiger partial charge on any atom is -0.508 e. The van der Waals surface area contributed by atoms with E-state index in [0.717, 1.165) is 22.6 Å². The lowest BCUT2D eigenvalue weighted by molar-refractivity contribution is 0.102. The minimum atomic E-state index is 0.0789. The molecule has 7 nitrogen and oxygen atoms in total. The van der Waals surface area contributed by atoms with Gasteiger partial charge in [-0.25, -0.2) is 0 Å². The van der Waals surface area contributed by atoms with E-state index in [0.29, 0.717) is 11.2 Å². The average molecular weight is 369 g/mol. The zero-order valence-corrected chi connectivity index (χ0v) is 15.4. The number of hydrogen-bond donors (Lipinski definition) is 1. The zero-order valence-electron chi connectivity index (χ0n) is 14.6. The van der Waals surface area contributed by atoms with Crippen molar-refractivity contribution in [2.75, 3.05) is 5.75 Å². The maximum Gasteiger partial charge on any atom is 0.214 e. The number of tetrazole rings is 1. The van der Waals surface area contributed by atoms with Crippen LogP contribution in [0, 0.1) is 13.8 Å². The second-order valence-corrected chi connectivity index (χ2v) is 7.43. The number of ketones is 1. The standard InChI is InChI=1S/C18H19N5O2S/c1-11-9-16(12(2)22(11)13-3-4-13)17(25)10-26-18-19-20-21-23(18)14-5-7-15(24)8-6-14/h5-9,13,24H,3-4,10H2,1-2H3. The number of rotatable bonds is 6. The van der Waals surface area contributed by atoms with Gasteiger partial charge >= 0.3 is 0 Å². The van der Waals surface area contributed by atoms with Gasteiger partial charge in [0.15, 0.2) is 5.78 Å². The van der Waals surface area contributed by atoms with E-state index in [1.165, 1.54) is 24.6 Å². The Morgan fingerprint density at radius 3 is 2.69 bits per heavy atom. The van der Waals surface area contributed by atoms with E-state index in [9.17, 15) is 9.90 Å². The van der Waals surface area contributed by atoms with Crippen LogP contribution < -0.4 is 0 Å². The van der Waals surface area contributed by atoms with Crippen molar-refractivity contribution in [1.29, 1.82) is 0 Å². The monoisotopic (exact) mass is 369 g/mol. The Morgan fingerprint density at radius 1 is 1.27 bits per heavy atom. The lowest BCUT2D eigenvalue weighted by atomic mass is 10.2. The van der Waals surface area contributed by atoms with Crippen molar-refractivity contribution in [3.8, 4) is 11.4 Å². The Balaban J connectivity index is 1.50. The van der Waals surface area contributed by atoms with Gasteiger partial charge in [-0.3, -0.25) is 4.79 Å². The van der Waals surface area contributed by atoms with Crippen molar-refractivity contribution in [2.24, 2.45) is 0 Å². The lowest BCUT2D eigenvalue weighted by Crippen LogP contribution is -2.07. The number of phenols is 1. The van der Waals surface area contributed by atoms with E-state index in [1.807, 2.05) is 13.0 Å². The van der Waals surface area contributed by atoms with E-state index in [1.54, 1.807) is 28.9 Å². The van der Waals surface area contributed by atoms with E-state index < -0.39 is 0 Å². The van der Waals surface area contributed by atoms with Gasteiger partial charge in [0, 0.05) is 23.0 Å². The quantitative estimate of drug-likeness (QED) is 0.531. The van der Waals surface area contributed by atoms with Gasteiger partial charge in [0.1, 0.15) is 5.75 Å². The van der Waals surface area contributed by atoms with Crippen LogP contribution in [-0.2, 0) is 0 Å². The van der Waals surface area contributed by atoms with E-state index in [4.69, 9.17) is 0 Å². The van der Waals surface area contributed by atoms with Crippen molar-refractivity contribution in [3.05, 3.63) is 47.3 Å². The van der Waals surface area contributed by atoms with E-state index in [2.05, 4.69) is 27.0 Å². The van der Waals surface area contributed by atoms with Crippen molar-refractivity contribution < 1.29 is 9.90 Å². The fourth-order valence-corrected chi connectivity index (χ4v) is 3.96. The molecule has 1 aliphatic carbocycles. The number of thioether (sulfide) groups is 1. The first-order chi connectivity index (χ1) is 12.5. The number of aromatic hydroxyl groups is 1. The summed E-state index contributed by atoms with van der Waals surface area (Å²) < 4.78 is 3.84. The van der Waals surface area contributed by atoms with Crippen LogP contribution in [0.25, 0.3) is 5.69 Å². The van der Waals surface area contributed by atoms with Gasteiger partial charge in [0.05, 0.1) is 11.4 Å². The predicted molar refractivity (Wildman–Crippen MR) is 98.1 cm³/mol. The lowest BCUT2D eigenvalue weighted by Gasteiger charge is -2.07. The fourth-order valence-electron chi connectivity index (χ4n) is 3.19. The first-order valence-electron chi connectivity index (χ1n) is 8.47. The van der Waals surface area contributed by atoms with Crippen LogP contribution in [0.15, 0.2) is 35.5 Å². The molecular formula is C18H19N5O2S. The summed E-state index contributed by atoms with van der Waals surface area (Å²) in [6.45, 7) is 4.07. The van der Waals surface area contributed by atoms with Gasteiger partial charge in [-0.05, 0) is 67.4 Å². The molecule has 2 heterocycles. The Bertz CT molecular complexity index is 957. The third-order valence-corrected chi connectivity index (χ3v) is 5.48. The van der Waals surface area contributed by atoms with Crippen LogP contribution in [-0.4, -0.2) is 41.4 Å². The predicted octanol–water partition coefficient (Wildman–Crippen LogP) is 3.10. The zero-order chi connectivity index (χ0) is 18.3. The van der Waals surface area contributed by atoms with Crippen molar-refractivity contribution >= 4 is 17.5 Å². The summed E-state index contributed by atoms with van der Waals surface area (Å²) in [5.74, 6) is 0.528. The topological polar surface area (TPSA) is 85.8 Å². The molecule has 0 radical (unpaired) electrons. The van der Waals surface area contributed by atoms with Crippen LogP contribution >= 0.6 is 11.8 Å². The summed E-state index contributed by atoms with van der Waals surface area (Å²) in [6.07, 6.45) is 2.39. The third-order valence-electron chi connectivity index (χ3n) is 4.56. The molecule has 2 aromatic heterocycles. The Hall–Kier alpha value is -2.61. The number of aromatic nitrogens is 5. The van der Waals surface area contributed by atoms with Gasteiger partial charge in [-0.2, -0.15) is 4.68 Å². The fraction of sp³-hybridized carbons (Fsp3) is 0.333. The number of benzene rings is 1. The summed E-state index contributed by atoms with van der Waals surface area (Å²) in [5, 5.41) is 21.6. The molecule has 8 heteroatoms. The van der Waals surface area contributed by atoms with Gasteiger partial charge in [0.25, 0.3) is 0 Å². The maximum absolute atomic E-state index is 12.7. The normalized spacial score (nSPS) is 13.9. The first kappa shape index (κ1) is 16.8. The Labute approximate surface area is 155 Å². The van der Waals surface area contributed by atoms with Crippen LogP contribution in [0.4, 0.5) is 0 Å². The molecule has 1 fully saturated rings. The highest BCUT2D eigenvalue weighted by molar-refractivity contribution is 7.99. The number of aryl methyl sites for hydroxylation is 1. The SMILES string of the molecule is Cc1cc(C(=O)CSc2nnnn2-c2ccc(O)cc2)c(C)n1C1CC1. The molecule has 0 unspecified atom stereocenters. The number of carbonyl (C=O) groups is 1. The van der Waals surface area contributed by atoms with Gasteiger partial charge < -0.3 is 9.67 Å². The Morgan fingerprint density at radius 2 is 2.00 bits per heavy atom. The molecule has 134 valence electrons. The van der Waals surface area contributed by atoms with Gasteiger partial charge in [-0.15, -0.1) is 5.10 Å². The Kier molecular flexibility index (Phi) is 4.28. The smallest absolute Gasteiger partial charge is 0.214 e. The molecule has 1 aromatic carbocycles. The summed E-state index contributed by atoms with van der Waals surface area (Å²) in [7, 11) is 0. The molecular weight excluding hydrogens is 350 g/mol. The molecule has 3 aromatic rings. The molecule has 0 saturated heterocycles. The summed E-state index contributed by atoms with van der Waals surface area (Å²) >= 11 is 1.31. The van der Waals surface area contributed by atoms with Crippen molar-refractivity contribution in [1.82, 2.24) is 24.8 Å². The summed E-state index contributed by atoms with van der Waals surface area (Å²) in [5.41, 5.74) is 3.71. The van der Waals surface area contributed by atoms with Crippen molar-refractivity contribution in [2.45, 2.75) is 37.9 Å².